The fourth-order valence-electron chi connectivity index (χ4n) is 4.65. The van der Waals surface area contributed by atoms with Crippen molar-refractivity contribution in [2.75, 3.05) is 13.7 Å². The lowest BCUT2D eigenvalue weighted by atomic mass is 9.83. The number of amides is 1. The molecule has 6 nitrogen and oxygen atoms in total. The first kappa shape index (κ1) is 20.4. The minimum Gasteiger partial charge on any atom is -0.375 e. The van der Waals surface area contributed by atoms with E-state index in [1.165, 1.54) is 18.5 Å². The van der Waals surface area contributed by atoms with Gasteiger partial charge in [0.2, 0.25) is 5.91 Å². The first-order valence-corrected chi connectivity index (χ1v) is 11.0. The van der Waals surface area contributed by atoms with Crippen molar-refractivity contribution < 1.29 is 9.53 Å². The van der Waals surface area contributed by atoms with Crippen LogP contribution in [-0.4, -0.2) is 40.4 Å². The van der Waals surface area contributed by atoms with Crippen LogP contribution in [0, 0.1) is 5.92 Å². The van der Waals surface area contributed by atoms with Crippen molar-refractivity contribution in [2.45, 2.75) is 64.0 Å². The van der Waals surface area contributed by atoms with Crippen molar-refractivity contribution in [3.05, 3.63) is 34.9 Å². The predicted molar refractivity (Wildman–Crippen MR) is 113 cm³/mol. The molecule has 1 fully saturated rings. The number of nitrogens with zero attached hydrogens (tertiary/aromatic N) is 3. The second-order valence-electron chi connectivity index (χ2n) is 8.26. The van der Waals surface area contributed by atoms with Gasteiger partial charge in [-0.3, -0.25) is 14.5 Å². The van der Waals surface area contributed by atoms with Gasteiger partial charge in [-0.05, 0) is 63.4 Å². The summed E-state index contributed by atoms with van der Waals surface area (Å²) >= 11 is 6.52. The molecule has 0 saturated heterocycles. The molecule has 0 radical (unpaired) electrons. The van der Waals surface area contributed by atoms with Gasteiger partial charge < -0.3 is 10.1 Å². The van der Waals surface area contributed by atoms with E-state index in [1.807, 2.05) is 6.20 Å². The Morgan fingerprint density at radius 1 is 1.24 bits per heavy atom. The van der Waals surface area contributed by atoms with Gasteiger partial charge in [0.1, 0.15) is 6.61 Å². The van der Waals surface area contributed by atoms with Crippen LogP contribution in [-0.2, 0) is 28.9 Å². The van der Waals surface area contributed by atoms with Gasteiger partial charge in [0.05, 0.1) is 11.2 Å². The fourth-order valence-corrected chi connectivity index (χ4v) is 4.86. The Labute approximate surface area is 177 Å². The maximum Gasteiger partial charge on any atom is 0.246 e. The molecule has 0 spiro atoms. The Morgan fingerprint density at radius 2 is 2.07 bits per heavy atom. The van der Waals surface area contributed by atoms with Crippen LogP contribution in [0.1, 0.15) is 49.9 Å². The van der Waals surface area contributed by atoms with Crippen molar-refractivity contribution in [1.82, 2.24) is 20.1 Å². The molecule has 2 aromatic rings. The molecule has 29 heavy (non-hydrogen) atoms. The first-order valence-electron chi connectivity index (χ1n) is 10.6. The third-order valence-electron chi connectivity index (χ3n) is 6.17. The number of halogens is 1. The number of fused-ring (bicyclic) bond motifs is 1. The molecule has 156 valence electrons. The summed E-state index contributed by atoms with van der Waals surface area (Å²) in [5.41, 5.74) is 4.60. The molecule has 2 aliphatic rings. The van der Waals surface area contributed by atoms with Gasteiger partial charge in [-0.1, -0.05) is 11.6 Å². The molecule has 3 heterocycles. The molecule has 0 bridgehead atoms. The molecule has 1 N–H and O–H groups in total. The van der Waals surface area contributed by atoms with E-state index in [0.717, 1.165) is 61.9 Å². The largest absolute Gasteiger partial charge is 0.375 e. The number of carbonyl (C=O) groups is 1. The van der Waals surface area contributed by atoms with Gasteiger partial charge in [-0.2, -0.15) is 5.10 Å². The van der Waals surface area contributed by atoms with Gasteiger partial charge in [-0.15, -0.1) is 0 Å². The Hall–Kier alpha value is -1.92. The Bertz CT molecular complexity index is 858. The highest BCUT2D eigenvalue weighted by Gasteiger charge is 2.24. The Balaban J connectivity index is 1.40. The average Bonchev–Trinajstić information content (AvgIpc) is 3.15. The highest BCUT2D eigenvalue weighted by Crippen LogP contribution is 2.34. The van der Waals surface area contributed by atoms with Gasteiger partial charge in [0.15, 0.2) is 0 Å². The van der Waals surface area contributed by atoms with Crippen molar-refractivity contribution in [1.29, 1.82) is 0 Å². The van der Waals surface area contributed by atoms with Crippen molar-refractivity contribution in [3.8, 4) is 11.1 Å². The van der Waals surface area contributed by atoms with Gasteiger partial charge >= 0.3 is 0 Å². The molecule has 0 atom stereocenters. The monoisotopic (exact) mass is 416 g/mol. The van der Waals surface area contributed by atoms with Crippen LogP contribution in [0.5, 0.6) is 0 Å². The zero-order valence-corrected chi connectivity index (χ0v) is 17.7. The normalized spacial score (nSPS) is 21.6. The van der Waals surface area contributed by atoms with E-state index in [0.29, 0.717) is 10.9 Å². The molecule has 1 aliphatic heterocycles. The molecule has 4 rings (SSSR count). The summed E-state index contributed by atoms with van der Waals surface area (Å²) in [5, 5.41) is 8.31. The predicted octanol–water partition coefficient (Wildman–Crippen LogP) is 3.80. The number of aryl methyl sites for hydroxylation is 1. The number of aromatic nitrogens is 3. The van der Waals surface area contributed by atoms with E-state index in [-0.39, 0.29) is 18.6 Å². The summed E-state index contributed by atoms with van der Waals surface area (Å²) in [4.78, 5) is 16.3. The number of carbonyl (C=O) groups excluding carboxylic acids is 1. The minimum atomic E-state index is -0.0236. The number of methoxy groups -OCH3 is 1. The quantitative estimate of drug-likeness (QED) is 0.777. The highest BCUT2D eigenvalue weighted by atomic mass is 35.5. The van der Waals surface area contributed by atoms with Crippen LogP contribution in [0.25, 0.3) is 11.1 Å². The minimum absolute atomic E-state index is 0.0236. The van der Waals surface area contributed by atoms with Crippen LogP contribution in [0.2, 0.25) is 5.02 Å². The van der Waals surface area contributed by atoms with Crippen LogP contribution in [0.15, 0.2) is 18.5 Å². The third kappa shape index (κ3) is 4.81. The van der Waals surface area contributed by atoms with Gasteiger partial charge in [-0.25, -0.2) is 0 Å². The average molecular weight is 417 g/mol. The van der Waals surface area contributed by atoms with E-state index in [2.05, 4.69) is 26.1 Å². The topological polar surface area (TPSA) is 69.0 Å². The Morgan fingerprint density at radius 3 is 2.86 bits per heavy atom. The molecular weight excluding hydrogens is 388 g/mol. The molecule has 7 heteroatoms. The van der Waals surface area contributed by atoms with Crippen LogP contribution < -0.4 is 5.32 Å². The molecule has 1 amide bonds. The van der Waals surface area contributed by atoms with Crippen molar-refractivity contribution in [3.63, 3.8) is 0 Å². The summed E-state index contributed by atoms with van der Waals surface area (Å²) in [7, 11) is 1.55. The second kappa shape index (κ2) is 9.26. The summed E-state index contributed by atoms with van der Waals surface area (Å²) in [6, 6.07) is 2.42. The van der Waals surface area contributed by atoms with Crippen LogP contribution >= 0.6 is 11.6 Å². The smallest absolute Gasteiger partial charge is 0.246 e. The maximum absolute atomic E-state index is 11.7. The zero-order valence-electron chi connectivity index (χ0n) is 17.0. The standard InChI is InChI=1S/C22H29ClN4O2/c1-29-14-22(28)26-16-7-5-15(6-8-16)10-17-11-18(20(23)13-24-17)19-12-25-27-9-3-2-4-21(19)27/h11-13,15-16H,2-10,14H2,1H3,(H,26,28). The molecule has 1 aliphatic carbocycles. The summed E-state index contributed by atoms with van der Waals surface area (Å²) < 4.78 is 7.01. The number of hydrogen-bond donors (Lipinski definition) is 1. The van der Waals surface area contributed by atoms with Crippen LogP contribution in [0.3, 0.4) is 0 Å². The van der Waals surface area contributed by atoms with Crippen molar-refractivity contribution in [2.24, 2.45) is 5.92 Å². The Kier molecular flexibility index (Phi) is 6.50. The summed E-state index contributed by atoms with van der Waals surface area (Å²) in [6.07, 6.45) is 12.4. The number of nitrogens with one attached hydrogen (secondary N) is 1. The SMILES string of the molecule is COCC(=O)NC1CCC(Cc2cc(-c3cnn4c3CCCC4)c(Cl)cn2)CC1. The zero-order chi connectivity index (χ0) is 20.2. The molecular formula is C22H29ClN4O2. The van der Waals surface area contributed by atoms with E-state index in [4.69, 9.17) is 16.3 Å². The third-order valence-corrected chi connectivity index (χ3v) is 6.47. The van der Waals surface area contributed by atoms with Gasteiger partial charge in [0.25, 0.3) is 0 Å². The van der Waals surface area contributed by atoms with Crippen molar-refractivity contribution >= 4 is 17.5 Å². The lowest BCUT2D eigenvalue weighted by molar-refractivity contribution is -0.125. The lowest BCUT2D eigenvalue weighted by Crippen LogP contribution is -2.39. The van der Waals surface area contributed by atoms with E-state index < -0.39 is 0 Å². The van der Waals surface area contributed by atoms with E-state index in [9.17, 15) is 4.79 Å². The molecule has 0 unspecified atom stereocenters. The molecule has 2 aromatic heterocycles. The number of ether oxygens (including phenoxy) is 1. The maximum atomic E-state index is 11.7. The number of pyridine rings is 1. The molecule has 0 aromatic carbocycles. The van der Waals surface area contributed by atoms with E-state index in [1.54, 1.807) is 13.3 Å². The molecule has 1 saturated carbocycles. The highest BCUT2D eigenvalue weighted by molar-refractivity contribution is 6.33. The number of hydrogen-bond acceptors (Lipinski definition) is 4. The first-order chi connectivity index (χ1) is 14.1. The van der Waals surface area contributed by atoms with Gasteiger partial charge in [0, 0.05) is 48.4 Å². The van der Waals surface area contributed by atoms with E-state index >= 15 is 0 Å². The summed E-state index contributed by atoms with van der Waals surface area (Å²) in [5.74, 6) is 0.567. The summed E-state index contributed by atoms with van der Waals surface area (Å²) in [6.45, 7) is 1.13. The fraction of sp³-hybridized carbons (Fsp3) is 0.591. The second-order valence-corrected chi connectivity index (χ2v) is 8.67. The van der Waals surface area contributed by atoms with Crippen LogP contribution in [0.4, 0.5) is 0 Å². The lowest BCUT2D eigenvalue weighted by Gasteiger charge is -2.29. The number of rotatable bonds is 6.